The van der Waals surface area contributed by atoms with Crippen LogP contribution in [0.3, 0.4) is 0 Å². The predicted molar refractivity (Wildman–Crippen MR) is 85.3 cm³/mol. The molecule has 0 aliphatic carbocycles. The summed E-state index contributed by atoms with van der Waals surface area (Å²) < 4.78 is 5.25. The molecule has 1 aliphatic heterocycles. The van der Waals surface area contributed by atoms with Crippen molar-refractivity contribution in [2.24, 2.45) is 10.7 Å². The summed E-state index contributed by atoms with van der Waals surface area (Å²) in [4.78, 5) is 6.64. The van der Waals surface area contributed by atoms with Gasteiger partial charge in [0.1, 0.15) is 12.6 Å². The van der Waals surface area contributed by atoms with Crippen LogP contribution in [0.4, 0.5) is 5.69 Å². The first-order chi connectivity index (χ1) is 10.3. The van der Waals surface area contributed by atoms with Crippen molar-refractivity contribution >= 4 is 11.7 Å². The van der Waals surface area contributed by atoms with Gasteiger partial charge in [0.05, 0.1) is 0 Å². The van der Waals surface area contributed by atoms with Crippen molar-refractivity contribution in [1.29, 1.82) is 0 Å². The zero-order valence-corrected chi connectivity index (χ0v) is 11.9. The monoisotopic (exact) mass is 281 g/mol. The van der Waals surface area contributed by atoms with Crippen LogP contribution >= 0.6 is 0 Å². The summed E-state index contributed by atoms with van der Waals surface area (Å²) in [6, 6.07) is 21.2. The van der Waals surface area contributed by atoms with Crippen LogP contribution in [-0.2, 0) is 11.3 Å². The van der Waals surface area contributed by atoms with Crippen LogP contribution < -0.4 is 10.6 Å². The van der Waals surface area contributed by atoms with Gasteiger partial charge in [-0.25, -0.2) is 4.99 Å². The van der Waals surface area contributed by atoms with E-state index in [4.69, 9.17) is 10.5 Å². The van der Waals surface area contributed by atoms with E-state index < -0.39 is 0 Å². The summed E-state index contributed by atoms with van der Waals surface area (Å²) in [6.07, 6.45) is 0. The van der Waals surface area contributed by atoms with Crippen molar-refractivity contribution in [3.8, 4) is 0 Å². The molecule has 4 heteroatoms. The summed E-state index contributed by atoms with van der Waals surface area (Å²) >= 11 is 0. The van der Waals surface area contributed by atoms with Gasteiger partial charge in [-0.05, 0) is 17.7 Å². The predicted octanol–water partition coefficient (Wildman–Crippen LogP) is 2.41. The third kappa shape index (κ3) is 3.54. The van der Waals surface area contributed by atoms with E-state index in [1.165, 1.54) is 11.3 Å². The Hall–Kier alpha value is -2.49. The summed E-state index contributed by atoms with van der Waals surface area (Å²) in [5, 5.41) is 0. The molecule has 108 valence electrons. The maximum atomic E-state index is 5.60. The average molecular weight is 281 g/mol. The first-order valence-electron chi connectivity index (χ1n) is 7.11. The minimum Gasteiger partial charge on any atom is -0.463 e. The molecule has 2 aromatic rings. The number of rotatable bonds is 5. The van der Waals surface area contributed by atoms with Crippen LogP contribution in [-0.4, -0.2) is 25.2 Å². The Balaban J connectivity index is 1.78. The molecule has 21 heavy (non-hydrogen) atoms. The van der Waals surface area contributed by atoms with E-state index in [2.05, 4.69) is 58.4 Å². The lowest BCUT2D eigenvalue weighted by atomic mass is 10.1. The number of nitrogens with two attached hydrogens (primary N) is 1. The zero-order valence-electron chi connectivity index (χ0n) is 11.9. The maximum absolute atomic E-state index is 5.60. The van der Waals surface area contributed by atoms with E-state index in [-0.39, 0.29) is 6.04 Å². The van der Waals surface area contributed by atoms with E-state index in [9.17, 15) is 0 Å². The van der Waals surface area contributed by atoms with Crippen LogP contribution in [0.2, 0.25) is 0 Å². The van der Waals surface area contributed by atoms with Gasteiger partial charge in [0.2, 0.25) is 0 Å². The normalized spacial score (nSPS) is 17.1. The Morgan fingerprint density at radius 1 is 1.05 bits per heavy atom. The molecule has 3 rings (SSSR count). The number of benzene rings is 2. The zero-order chi connectivity index (χ0) is 14.5. The molecular formula is C17H19N3O. The molecule has 1 atom stereocenters. The smallest absolute Gasteiger partial charge is 0.282 e. The van der Waals surface area contributed by atoms with Crippen molar-refractivity contribution in [2.75, 3.05) is 18.1 Å². The number of hydrogen-bond acceptors (Lipinski definition) is 4. The number of hydrogen-bond donors (Lipinski definition) is 1. The fourth-order valence-electron chi connectivity index (χ4n) is 2.49. The Morgan fingerprint density at radius 2 is 1.71 bits per heavy atom. The molecule has 0 aromatic heterocycles. The number of amidine groups is 1. The number of ether oxygens (including phenoxy) is 1. The van der Waals surface area contributed by atoms with Crippen LogP contribution in [0.15, 0.2) is 65.7 Å². The molecule has 0 amide bonds. The van der Waals surface area contributed by atoms with Gasteiger partial charge in [-0.1, -0.05) is 48.5 Å². The van der Waals surface area contributed by atoms with Crippen LogP contribution in [0.25, 0.3) is 0 Å². The van der Waals surface area contributed by atoms with Gasteiger partial charge in [-0.3, -0.25) is 0 Å². The maximum Gasteiger partial charge on any atom is 0.282 e. The van der Waals surface area contributed by atoms with Crippen LogP contribution in [0.1, 0.15) is 5.56 Å². The molecule has 0 saturated carbocycles. The SMILES string of the molecule is NC1=NC(CN(Cc2ccccc2)c2ccccc2)CO1. The van der Waals surface area contributed by atoms with Crippen molar-refractivity contribution < 1.29 is 4.74 Å². The highest BCUT2D eigenvalue weighted by Crippen LogP contribution is 2.18. The topological polar surface area (TPSA) is 50.8 Å². The van der Waals surface area contributed by atoms with E-state index in [0.717, 1.165) is 13.1 Å². The number of para-hydroxylation sites is 1. The van der Waals surface area contributed by atoms with Crippen molar-refractivity contribution in [2.45, 2.75) is 12.6 Å². The fourth-order valence-corrected chi connectivity index (χ4v) is 2.49. The molecule has 0 saturated heterocycles. The van der Waals surface area contributed by atoms with Crippen LogP contribution in [0.5, 0.6) is 0 Å². The molecular weight excluding hydrogens is 262 g/mol. The first kappa shape index (κ1) is 13.5. The first-order valence-corrected chi connectivity index (χ1v) is 7.11. The van der Waals surface area contributed by atoms with E-state index in [0.29, 0.717) is 12.6 Å². The fraction of sp³-hybridized carbons (Fsp3) is 0.235. The summed E-state index contributed by atoms with van der Waals surface area (Å²) in [5.41, 5.74) is 8.06. The summed E-state index contributed by atoms with van der Waals surface area (Å²) in [5.74, 6) is 0. The van der Waals surface area contributed by atoms with Gasteiger partial charge in [0.15, 0.2) is 0 Å². The highest BCUT2D eigenvalue weighted by molar-refractivity contribution is 5.73. The Kier molecular flexibility index (Phi) is 4.05. The van der Waals surface area contributed by atoms with Crippen molar-refractivity contribution in [1.82, 2.24) is 0 Å². The van der Waals surface area contributed by atoms with Gasteiger partial charge in [0.25, 0.3) is 6.02 Å². The largest absolute Gasteiger partial charge is 0.463 e. The molecule has 0 radical (unpaired) electrons. The molecule has 2 aromatic carbocycles. The van der Waals surface area contributed by atoms with Gasteiger partial charge >= 0.3 is 0 Å². The highest BCUT2D eigenvalue weighted by Gasteiger charge is 2.20. The number of aliphatic imine (C=N–C) groups is 1. The molecule has 1 unspecified atom stereocenters. The van der Waals surface area contributed by atoms with Crippen molar-refractivity contribution in [3.63, 3.8) is 0 Å². The lowest BCUT2D eigenvalue weighted by Crippen LogP contribution is -2.32. The molecule has 1 heterocycles. The molecule has 0 spiro atoms. The van der Waals surface area contributed by atoms with Gasteiger partial charge in [-0.15, -0.1) is 0 Å². The molecule has 2 N–H and O–H groups in total. The molecule has 0 fully saturated rings. The van der Waals surface area contributed by atoms with Gasteiger partial charge < -0.3 is 15.4 Å². The Morgan fingerprint density at radius 3 is 2.33 bits per heavy atom. The minimum atomic E-state index is 0.0916. The lowest BCUT2D eigenvalue weighted by Gasteiger charge is -2.26. The highest BCUT2D eigenvalue weighted by atomic mass is 16.5. The third-order valence-electron chi connectivity index (χ3n) is 3.50. The standard InChI is InChI=1S/C17H19N3O/c18-17-19-15(13-21-17)12-20(16-9-5-2-6-10-16)11-14-7-3-1-4-8-14/h1-10,15H,11-13H2,(H2,18,19). The molecule has 4 nitrogen and oxygen atoms in total. The lowest BCUT2D eigenvalue weighted by molar-refractivity contribution is 0.313. The number of anilines is 1. The van der Waals surface area contributed by atoms with Crippen molar-refractivity contribution in [3.05, 3.63) is 66.2 Å². The summed E-state index contributed by atoms with van der Waals surface area (Å²) in [7, 11) is 0. The second-order valence-electron chi connectivity index (χ2n) is 5.13. The van der Waals surface area contributed by atoms with E-state index >= 15 is 0 Å². The van der Waals surface area contributed by atoms with Gasteiger partial charge in [-0.2, -0.15) is 0 Å². The second-order valence-corrected chi connectivity index (χ2v) is 5.13. The summed E-state index contributed by atoms with van der Waals surface area (Å²) in [6.45, 7) is 2.19. The minimum absolute atomic E-state index is 0.0916. The molecule has 0 bridgehead atoms. The average Bonchev–Trinajstić information content (AvgIpc) is 2.94. The van der Waals surface area contributed by atoms with E-state index in [1.807, 2.05) is 12.1 Å². The third-order valence-corrected chi connectivity index (χ3v) is 3.50. The molecule has 1 aliphatic rings. The second kappa shape index (κ2) is 6.31. The van der Waals surface area contributed by atoms with Gasteiger partial charge in [0, 0.05) is 18.8 Å². The number of nitrogens with zero attached hydrogens (tertiary/aromatic N) is 2. The quantitative estimate of drug-likeness (QED) is 0.915. The van der Waals surface area contributed by atoms with E-state index in [1.54, 1.807) is 0 Å². The van der Waals surface area contributed by atoms with Crippen LogP contribution in [0, 0.1) is 0 Å². The Bertz CT molecular complexity index is 598. The Labute approximate surface area is 124 Å².